The van der Waals surface area contributed by atoms with Crippen LogP contribution in [0, 0.1) is 17.2 Å². The number of rotatable bonds is 6. The number of hydrogen-bond acceptors (Lipinski definition) is 4. The summed E-state index contributed by atoms with van der Waals surface area (Å²) in [6, 6.07) is 18.7. The number of nitriles is 1. The van der Waals surface area contributed by atoms with Crippen LogP contribution in [-0.4, -0.2) is 41.2 Å². The van der Waals surface area contributed by atoms with Gasteiger partial charge in [0.05, 0.1) is 13.2 Å². The van der Waals surface area contributed by atoms with Gasteiger partial charge >= 0.3 is 0 Å². The zero-order valence-corrected chi connectivity index (χ0v) is 20.0. The number of ether oxygens (including phenoxy) is 1. The Hall–Kier alpha value is -3.33. The van der Waals surface area contributed by atoms with E-state index in [1.54, 1.807) is 7.11 Å². The van der Waals surface area contributed by atoms with Gasteiger partial charge in [0.25, 0.3) is 0 Å². The first-order valence-corrected chi connectivity index (χ1v) is 12.0. The molecule has 0 spiro atoms. The maximum Gasteiger partial charge on any atom is 0.119 e. The number of benzene rings is 2. The molecular formula is C28H27ClN4O. The molecule has 2 aromatic heterocycles. The van der Waals surface area contributed by atoms with Crippen LogP contribution in [0.25, 0.3) is 33.2 Å². The predicted octanol–water partition coefficient (Wildman–Crippen LogP) is 6.27. The lowest BCUT2D eigenvalue weighted by Crippen LogP contribution is -2.35. The standard InChI is InChI=1S/C28H27ClN4O/c1-34-25-6-7-28-26(15-25)27(19-33(28)13-12-32-10-8-20(16-30)9-11-32)23-14-22(17-31-18-23)21-2-4-24(29)5-3-21/h2-7,14-15,17-20H,8-13H2,1H3. The van der Waals surface area contributed by atoms with Gasteiger partial charge in [0.1, 0.15) is 5.75 Å². The first-order chi connectivity index (χ1) is 16.6. The fourth-order valence-corrected chi connectivity index (χ4v) is 4.87. The van der Waals surface area contributed by atoms with Crippen molar-refractivity contribution in [1.82, 2.24) is 14.5 Å². The number of nitrogens with zero attached hydrogens (tertiary/aromatic N) is 4. The van der Waals surface area contributed by atoms with Crippen LogP contribution in [0.2, 0.25) is 5.02 Å². The molecule has 1 aliphatic rings. The number of halogens is 1. The molecule has 4 aromatic rings. The Morgan fingerprint density at radius 3 is 2.50 bits per heavy atom. The molecule has 0 bridgehead atoms. The topological polar surface area (TPSA) is 54.1 Å². The minimum atomic E-state index is 0.211. The lowest BCUT2D eigenvalue weighted by molar-refractivity contribution is 0.200. The lowest BCUT2D eigenvalue weighted by atomic mass is 9.99. The van der Waals surface area contributed by atoms with Crippen molar-refractivity contribution in [3.63, 3.8) is 0 Å². The minimum absolute atomic E-state index is 0.211. The van der Waals surface area contributed by atoms with Gasteiger partial charge in [0, 0.05) is 70.2 Å². The normalized spacial score (nSPS) is 14.9. The number of aromatic nitrogens is 2. The SMILES string of the molecule is COc1ccc2c(c1)c(-c1cncc(-c3ccc(Cl)cc3)c1)cn2CCN1CCC(C#N)CC1. The second-order valence-electron chi connectivity index (χ2n) is 8.83. The van der Waals surface area contributed by atoms with E-state index < -0.39 is 0 Å². The van der Waals surface area contributed by atoms with Gasteiger partial charge in [-0.25, -0.2) is 0 Å². The van der Waals surface area contributed by atoms with Gasteiger partial charge in [-0.2, -0.15) is 5.26 Å². The molecule has 0 radical (unpaired) electrons. The van der Waals surface area contributed by atoms with E-state index in [9.17, 15) is 0 Å². The van der Waals surface area contributed by atoms with Crippen LogP contribution in [-0.2, 0) is 6.54 Å². The van der Waals surface area contributed by atoms with Gasteiger partial charge in [-0.05, 0) is 67.9 Å². The van der Waals surface area contributed by atoms with Crippen molar-refractivity contribution in [2.45, 2.75) is 19.4 Å². The molecule has 1 fully saturated rings. The Bertz CT molecular complexity index is 1330. The van der Waals surface area contributed by atoms with E-state index in [0.29, 0.717) is 0 Å². The first-order valence-electron chi connectivity index (χ1n) is 11.6. The maximum absolute atomic E-state index is 9.17. The average Bonchev–Trinajstić information content (AvgIpc) is 3.26. The van der Waals surface area contributed by atoms with E-state index in [0.717, 1.165) is 77.4 Å². The summed E-state index contributed by atoms with van der Waals surface area (Å²) in [5.41, 5.74) is 5.53. The van der Waals surface area contributed by atoms with Crippen LogP contribution in [0.1, 0.15) is 12.8 Å². The van der Waals surface area contributed by atoms with Crippen LogP contribution < -0.4 is 4.74 Å². The molecule has 1 saturated heterocycles. The number of methoxy groups -OCH3 is 1. The highest BCUT2D eigenvalue weighted by molar-refractivity contribution is 6.30. The molecule has 172 valence electrons. The molecule has 1 aliphatic heterocycles. The van der Waals surface area contributed by atoms with E-state index in [2.05, 4.69) is 44.9 Å². The molecule has 0 saturated carbocycles. The van der Waals surface area contributed by atoms with Crippen molar-refractivity contribution in [3.8, 4) is 34.1 Å². The molecule has 0 atom stereocenters. The van der Waals surface area contributed by atoms with E-state index in [1.807, 2.05) is 42.7 Å². The minimum Gasteiger partial charge on any atom is -0.497 e. The third kappa shape index (κ3) is 4.65. The van der Waals surface area contributed by atoms with Crippen LogP contribution in [0.5, 0.6) is 5.75 Å². The number of piperidine rings is 1. The molecule has 0 unspecified atom stereocenters. The maximum atomic E-state index is 9.17. The molecule has 6 heteroatoms. The van der Waals surface area contributed by atoms with Crippen molar-refractivity contribution >= 4 is 22.5 Å². The van der Waals surface area contributed by atoms with Gasteiger partial charge in [0.15, 0.2) is 0 Å². The van der Waals surface area contributed by atoms with Gasteiger partial charge in [0.2, 0.25) is 0 Å². The Morgan fingerprint density at radius 2 is 1.76 bits per heavy atom. The first kappa shape index (κ1) is 22.5. The summed E-state index contributed by atoms with van der Waals surface area (Å²) in [7, 11) is 1.70. The van der Waals surface area contributed by atoms with E-state index in [-0.39, 0.29) is 5.92 Å². The van der Waals surface area contributed by atoms with Gasteiger partial charge in [-0.3, -0.25) is 4.98 Å². The third-order valence-corrected chi connectivity index (χ3v) is 6.99. The van der Waals surface area contributed by atoms with Crippen LogP contribution in [0.4, 0.5) is 0 Å². The Balaban J connectivity index is 1.47. The number of hydrogen-bond donors (Lipinski definition) is 0. The second kappa shape index (κ2) is 9.89. The highest BCUT2D eigenvalue weighted by Crippen LogP contribution is 2.35. The summed E-state index contributed by atoms with van der Waals surface area (Å²) in [4.78, 5) is 7.01. The largest absolute Gasteiger partial charge is 0.497 e. The summed E-state index contributed by atoms with van der Waals surface area (Å²) in [5, 5.41) is 11.0. The Labute approximate surface area is 205 Å². The highest BCUT2D eigenvalue weighted by atomic mass is 35.5. The van der Waals surface area contributed by atoms with Crippen molar-refractivity contribution in [1.29, 1.82) is 5.26 Å². The van der Waals surface area contributed by atoms with Crippen LogP contribution >= 0.6 is 11.6 Å². The molecule has 0 amide bonds. The summed E-state index contributed by atoms with van der Waals surface area (Å²) in [6.07, 6.45) is 7.97. The Kier molecular flexibility index (Phi) is 6.53. The Morgan fingerprint density at radius 1 is 1.00 bits per heavy atom. The van der Waals surface area contributed by atoms with E-state index >= 15 is 0 Å². The monoisotopic (exact) mass is 470 g/mol. The van der Waals surface area contributed by atoms with Gasteiger partial charge in [-0.1, -0.05) is 23.7 Å². The summed E-state index contributed by atoms with van der Waals surface area (Å²) < 4.78 is 7.86. The summed E-state index contributed by atoms with van der Waals surface area (Å²) in [5.74, 6) is 1.05. The molecular weight excluding hydrogens is 444 g/mol. The van der Waals surface area contributed by atoms with E-state index in [4.69, 9.17) is 21.6 Å². The van der Waals surface area contributed by atoms with Crippen molar-refractivity contribution in [2.75, 3.05) is 26.7 Å². The van der Waals surface area contributed by atoms with Crippen LogP contribution in [0.15, 0.2) is 67.1 Å². The smallest absolute Gasteiger partial charge is 0.119 e. The lowest BCUT2D eigenvalue weighted by Gasteiger charge is -2.29. The zero-order valence-electron chi connectivity index (χ0n) is 19.2. The third-order valence-electron chi connectivity index (χ3n) is 6.74. The van der Waals surface area contributed by atoms with Gasteiger partial charge < -0.3 is 14.2 Å². The molecule has 34 heavy (non-hydrogen) atoms. The summed E-state index contributed by atoms with van der Waals surface area (Å²) >= 11 is 6.08. The molecule has 5 nitrogen and oxygen atoms in total. The molecule has 5 rings (SSSR count). The van der Waals surface area contributed by atoms with Crippen molar-refractivity contribution < 1.29 is 4.74 Å². The van der Waals surface area contributed by atoms with Crippen LogP contribution in [0.3, 0.4) is 0 Å². The van der Waals surface area contributed by atoms with E-state index in [1.165, 1.54) is 5.52 Å². The van der Waals surface area contributed by atoms with Gasteiger partial charge in [-0.15, -0.1) is 0 Å². The van der Waals surface area contributed by atoms with Crippen molar-refractivity contribution in [3.05, 3.63) is 72.1 Å². The second-order valence-corrected chi connectivity index (χ2v) is 9.27. The number of fused-ring (bicyclic) bond motifs is 1. The number of likely N-dealkylation sites (tertiary alicyclic amines) is 1. The molecule has 0 N–H and O–H groups in total. The quantitative estimate of drug-likeness (QED) is 0.333. The molecule has 0 aliphatic carbocycles. The fourth-order valence-electron chi connectivity index (χ4n) is 4.74. The molecule has 3 heterocycles. The zero-order chi connectivity index (χ0) is 23.5. The predicted molar refractivity (Wildman–Crippen MR) is 137 cm³/mol. The molecule has 2 aromatic carbocycles. The highest BCUT2D eigenvalue weighted by Gasteiger charge is 2.19. The number of pyridine rings is 1. The average molecular weight is 471 g/mol. The summed E-state index contributed by atoms with van der Waals surface area (Å²) in [6.45, 7) is 3.84. The fraction of sp³-hybridized carbons (Fsp3) is 0.286. The van der Waals surface area contributed by atoms with Crippen molar-refractivity contribution in [2.24, 2.45) is 5.92 Å².